The normalized spacial score (nSPS) is 10.7. The van der Waals surface area contributed by atoms with E-state index < -0.39 is 0 Å². The molecule has 1 heterocycles. The molecule has 5 heteroatoms. The minimum Gasteiger partial charge on any atom is -0.424 e. The number of nitrogens with one attached hydrogen (secondary N) is 1. The maximum atomic E-state index is 5.37. The molecule has 80 valence electrons. The third kappa shape index (κ3) is 3.85. The summed E-state index contributed by atoms with van der Waals surface area (Å²) in [5.41, 5.74) is 0. The Morgan fingerprint density at radius 2 is 2.14 bits per heavy atom. The van der Waals surface area contributed by atoms with E-state index in [-0.39, 0.29) is 0 Å². The lowest BCUT2D eigenvalue weighted by atomic mass is 10.4. The monoisotopic (exact) mass is 199 g/mol. The van der Waals surface area contributed by atoms with Crippen LogP contribution in [0.1, 0.15) is 25.1 Å². The third-order valence-electron chi connectivity index (χ3n) is 1.73. The molecular weight excluding hydrogens is 182 g/mol. The minimum atomic E-state index is 0.615. The number of hydrogen-bond acceptors (Lipinski definition) is 5. The van der Waals surface area contributed by atoms with Gasteiger partial charge in [-0.25, -0.2) is 0 Å². The average Bonchev–Trinajstić information content (AvgIpc) is 2.63. The first-order valence-electron chi connectivity index (χ1n) is 4.87. The van der Waals surface area contributed by atoms with Crippen LogP contribution in [0.3, 0.4) is 0 Å². The molecule has 1 N–H and O–H groups in total. The highest BCUT2D eigenvalue weighted by atomic mass is 16.5. The van der Waals surface area contributed by atoms with Gasteiger partial charge in [-0.3, -0.25) is 0 Å². The second-order valence-corrected chi connectivity index (χ2v) is 3.01. The van der Waals surface area contributed by atoms with Gasteiger partial charge < -0.3 is 14.5 Å². The fourth-order valence-electron chi connectivity index (χ4n) is 1.02. The zero-order chi connectivity index (χ0) is 10.2. The van der Waals surface area contributed by atoms with Crippen molar-refractivity contribution in [3.8, 4) is 0 Å². The summed E-state index contributed by atoms with van der Waals surface area (Å²) in [7, 11) is 1.65. The van der Waals surface area contributed by atoms with Gasteiger partial charge in [-0.05, 0) is 13.0 Å². The molecule has 0 aliphatic rings. The number of ether oxygens (including phenoxy) is 1. The highest BCUT2D eigenvalue weighted by Crippen LogP contribution is 2.00. The van der Waals surface area contributed by atoms with Crippen LogP contribution in [0.5, 0.6) is 0 Å². The van der Waals surface area contributed by atoms with Gasteiger partial charge in [0.05, 0.1) is 13.2 Å². The third-order valence-corrected chi connectivity index (χ3v) is 1.73. The predicted molar refractivity (Wildman–Crippen MR) is 51.9 cm³/mol. The quantitative estimate of drug-likeness (QED) is 0.657. The molecule has 0 unspecified atom stereocenters. The van der Waals surface area contributed by atoms with Crippen LogP contribution >= 0.6 is 0 Å². The number of methoxy groups -OCH3 is 1. The van der Waals surface area contributed by atoms with Crippen molar-refractivity contribution in [2.45, 2.75) is 26.3 Å². The maximum absolute atomic E-state index is 5.37. The van der Waals surface area contributed by atoms with E-state index in [2.05, 4.69) is 22.4 Å². The van der Waals surface area contributed by atoms with Crippen molar-refractivity contribution < 1.29 is 9.15 Å². The Kier molecular flexibility index (Phi) is 5.17. The Balaban J connectivity index is 2.27. The Morgan fingerprint density at radius 3 is 2.86 bits per heavy atom. The van der Waals surface area contributed by atoms with Crippen LogP contribution in [-0.2, 0) is 17.7 Å². The van der Waals surface area contributed by atoms with E-state index in [1.807, 2.05) is 0 Å². The summed E-state index contributed by atoms with van der Waals surface area (Å²) < 4.78 is 10.3. The van der Waals surface area contributed by atoms with Gasteiger partial charge in [0.15, 0.2) is 0 Å². The van der Waals surface area contributed by atoms with Crippen LogP contribution in [0.2, 0.25) is 0 Å². The van der Waals surface area contributed by atoms with E-state index >= 15 is 0 Å². The SMILES string of the molecule is CCCNCc1nnc(CCOC)o1. The molecule has 0 aliphatic carbocycles. The number of nitrogens with zero attached hydrogens (tertiary/aromatic N) is 2. The molecule has 0 bridgehead atoms. The van der Waals surface area contributed by atoms with Gasteiger partial charge in [0.25, 0.3) is 0 Å². The zero-order valence-electron chi connectivity index (χ0n) is 8.75. The second kappa shape index (κ2) is 6.50. The van der Waals surface area contributed by atoms with Gasteiger partial charge in [-0.1, -0.05) is 6.92 Å². The summed E-state index contributed by atoms with van der Waals surface area (Å²) in [6, 6.07) is 0. The van der Waals surface area contributed by atoms with Crippen molar-refractivity contribution in [1.82, 2.24) is 15.5 Å². The Labute approximate surface area is 83.9 Å². The Hall–Kier alpha value is -0.940. The summed E-state index contributed by atoms with van der Waals surface area (Å²) in [6.45, 7) is 4.35. The summed E-state index contributed by atoms with van der Waals surface area (Å²) in [5.74, 6) is 1.28. The topological polar surface area (TPSA) is 60.2 Å². The highest BCUT2D eigenvalue weighted by molar-refractivity contribution is 4.81. The average molecular weight is 199 g/mol. The van der Waals surface area contributed by atoms with Crippen LogP contribution in [0.25, 0.3) is 0 Å². The second-order valence-electron chi connectivity index (χ2n) is 3.01. The lowest BCUT2D eigenvalue weighted by Gasteiger charge is -1.96. The fraction of sp³-hybridized carbons (Fsp3) is 0.778. The number of aromatic nitrogens is 2. The Morgan fingerprint density at radius 1 is 1.36 bits per heavy atom. The van der Waals surface area contributed by atoms with Gasteiger partial charge in [-0.2, -0.15) is 0 Å². The molecule has 0 amide bonds. The van der Waals surface area contributed by atoms with Crippen molar-refractivity contribution in [3.05, 3.63) is 11.8 Å². The molecule has 5 nitrogen and oxygen atoms in total. The largest absolute Gasteiger partial charge is 0.424 e. The first-order chi connectivity index (χ1) is 6.86. The summed E-state index contributed by atoms with van der Waals surface area (Å²) in [4.78, 5) is 0. The number of hydrogen-bond donors (Lipinski definition) is 1. The van der Waals surface area contributed by atoms with Crippen LogP contribution in [0.15, 0.2) is 4.42 Å². The van der Waals surface area contributed by atoms with Crippen LogP contribution in [0.4, 0.5) is 0 Å². The minimum absolute atomic E-state index is 0.615. The standard InChI is InChI=1S/C9H17N3O2/c1-3-5-10-7-9-12-11-8(14-9)4-6-13-2/h10H,3-7H2,1-2H3. The molecule has 14 heavy (non-hydrogen) atoms. The van der Waals surface area contributed by atoms with Gasteiger partial charge in [-0.15, -0.1) is 10.2 Å². The molecule has 1 rings (SSSR count). The van der Waals surface area contributed by atoms with Crippen LogP contribution < -0.4 is 5.32 Å². The van der Waals surface area contributed by atoms with Crippen molar-refractivity contribution in [2.24, 2.45) is 0 Å². The summed E-state index contributed by atoms with van der Waals surface area (Å²) >= 11 is 0. The smallest absolute Gasteiger partial charge is 0.230 e. The van der Waals surface area contributed by atoms with E-state index in [4.69, 9.17) is 9.15 Å². The molecule has 0 atom stereocenters. The van der Waals surface area contributed by atoms with E-state index in [0.717, 1.165) is 13.0 Å². The van der Waals surface area contributed by atoms with Crippen molar-refractivity contribution in [3.63, 3.8) is 0 Å². The number of rotatable bonds is 7. The summed E-state index contributed by atoms with van der Waals surface area (Å²) in [6.07, 6.45) is 1.78. The molecule has 0 aliphatic heterocycles. The van der Waals surface area contributed by atoms with Gasteiger partial charge in [0.1, 0.15) is 0 Å². The van der Waals surface area contributed by atoms with E-state index in [9.17, 15) is 0 Å². The van der Waals surface area contributed by atoms with Crippen LogP contribution in [0, 0.1) is 0 Å². The predicted octanol–water partition coefficient (Wildman–Crippen LogP) is 0.758. The van der Waals surface area contributed by atoms with Crippen LogP contribution in [-0.4, -0.2) is 30.5 Å². The molecule has 0 aromatic carbocycles. The lowest BCUT2D eigenvalue weighted by molar-refractivity contribution is 0.194. The fourth-order valence-corrected chi connectivity index (χ4v) is 1.02. The summed E-state index contributed by atoms with van der Waals surface area (Å²) in [5, 5.41) is 11.0. The van der Waals surface area contributed by atoms with Gasteiger partial charge in [0.2, 0.25) is 11.8 Å². The maximum Gasteiger partial charge on any atom is 0.230 e. The first kappa shape index (κ1) is 11.1. The first-order valence-corrected chi connectivity index (χ1v) is 4.87. The molecule has 0 fully saturated rings. The highest BCUT2D eigenvalue weighted by Gasteiger charge is 2.04. The molecule has 1 aromatic heterocycles. The van der Waals surface area contributed by atoms with E-state index in [1.165, 1.54) is 0 Å². The molecule has 0 saturated carbocycles. The zero-order valence-corrected chi connectivity index (χ0v) is 8.75. The molecule has 1 aromatic rings. The van der Waals surface area contributed by atoms with Crippen molar-refractivity contribution in [1.29, 1.82) is 0 Å². The molecule has 0 spiro atoms. The molecule has 0 saturated heterocycles. The molecule has 0 radical (unpaired) electrons. The Bertz CT molecular complexity index is 250. The van der Waals surface area contributed by atoms with Crippen molar-refractivity contribution in [2.75, 3.05) is 20.3 Å². The molecular formula is C9H17N3O2. The van der Waals surface area contributed by atoms with E-state index in [1.54, 1.807) is 7.11 Å². The van der Waals surface area contributed by atoms with Gasteiger partial charge in [0, 0.05) is 13.5 Å². The van der Waals surface area contributed by atoms with Crippen molar-refractivity contribution >= 4 is 0 Å². The van der Waals surface area contributed by atoms with Gasteiger partial charge >= 0.3 is 0 Å². The van der Waals surface area contributed by atoms with E-state index in [0.29, 0.717) is 31.4 Å². The lowest BCUT2D eigenvalue weighted by Crippen LogP contribution is -2.13.